The van der Waals surface area contributed by atoms with Crippen LogP contribution in [0.2, 0.25) is 0 Å². The van der Waals surface area contributed by atoms with Crippen LogP contribution >= 0.6 is 0 Å². The third-order valence-corrected chi connectivity index (χ3v) is 3.45. The van der Waals surface area contributed by atoms with E-state index in [2.05, 4.69) is 30.9 Å². The average molecular weight is 249 g/mol. The van der Waals surface area contributed by atoms with Crippen molar-refractivity contribution in [3.8, 4) is 0 Å². The average Bonchev–Trinajstić information content (AvgIpc) is 2.37. The Morgan fingerprint density at radius 2 is 1.78 bits per heavy atom. The number of hydrogen-bond acceptors (Lipinski definition) is 3. The maximum atomic E-state index is 9.78. The van der Waals surface area contributed by atoms with Gasteiger partial charge in [0, 0.05) is 18.8 Å². The topological polar surface area (TPSA) is 32.7 Å². The first kappa shape index (κ1) is 13.4. The van der Waals surface area contributed by atoms with Crippen LogP contribution in [0.5, 0.6) is 0 Å². The van der Waals surface area contributed by atoms with Gasteiger partial charge in [0.1, 0.15) is 0 Å². The minimum absolute atomic E-state index is 0.273. The molecule has 3 nitrogen and oxygen atoms in total. The standard InChI is InChI=1S/C15H23NO2/c1-4-15(17)13-5-7-14(8-6-13)16-9-11(2)18-12(3)10-16/h5-8,11-12,15,17H,4,9-10H2,1-3H3/t11-,12+,15-/m0/s1. The summed E-state index contributed by atoms with van der Waals surface area (Å²) in [5.74, 6) is 0. The van der Waals surface area contributed by atoms with E-state index in [1.807, 2.05) is 19.1 Å². The van der Waals surface area contributed by atoms with Gasteiger partial charge in [-0.15, -0.1) is 0 Å². The van der Waals surface area contributed by atoms with Gasteiger partial charge in [0.2, 0.25) is 0 Å². The molecule has 1 aromatic rings. The Hall–Kier alpha value is -1.06. The van der Waals surface area contributed by atoms with Crippen LogP contribution in [0.3, 0.4) is 0 Å². The van der Waals surface area contributed by atoms with Crippen LogP contribution in [0.15, 0.2) is 24.3 Å². The summed E-state index contributed by atoms with van der Waals surface area (Å²) in [6.07, 6.45) is 0.955. The summed E-state index contributed by atoms with van der Waals surface area (Å²) in [5, 5.41) is 9.78. The van der Waals surface area contributed by atoms with E-state index < -0.39 is 0 Å². The number of rotatable bonds is 3. The van der Waals surface area contributed by atoms with Crippen LogP contribution < -0.4 is 4.90 Å². The molecule has 1 aliphatic rings. The number of aliphatic hydroxyl groups is 1. The predicted octanol–water partition coefficient (Wildman–Crippen LogP) is 2.74. The van der Waals surface area contributed by atoms with Gasteiger partial charge < -0.3 is 14.7 Å². The molecule has 1 saturated heterocycles. The van der Waals surface area contributed by atoms with Crippen LogP contribution in [-0.4, -0.2) is 30.4 Å². The zero-order chi connectivity index (χ0) is 13.1. The minimum atomic E-state index is -0.346. The van der Waals surface area contributed by atoms with Crippen molar-refractivity contribution < 1.29 is 9.84 Å². The quantitative estimate of drug-likeness (QED) is 0.894. The highest BCUT2D eigenvalue weighted by Crippen LogP contribution is 2.23. The summed E-state index contributed by atoms with van der Waals surface area (Å²) in [7, 11) is 0. The first-order valence-electron chi connectivity index (χ1n) is 6.78. The maximum Gasteiger partial charge on any atom is 0.0787 e. The van der Waals surface area contributed by atoms with Crippen molar-refractivity contribution in [3.63, 3.8) is 0 Å². The SMILES string of the molecule is CC[C@H](O)c1ccc(N2C[C@@H](C)O[C@@H](C)C2)cc1. The number of anilines is 1. The van der Waals surface area contributed by atoms with E-state index in [1.165, 1.54) is 5.69 Å². The summed E-state index contributed by atoms with van der Waals surface area (Å²) in [4.78, 5) is 2.35. The molecule has 0 unspecified atom stereocenters. The smallest absolute Gasteiger partial charge is 0.0787 e. The molecule has 0 aliphatic carbocycles. The van der Waals surface area contributed by atoms with Gasteiger partial charge in [-0.05, 0) is 38.0 Å². The molecule has 0 spiro atoms. The molecule has 3 heteroatoms. The number of morpholine rings is 1. The molecule has 2 rings (SSSR count). The molecule has 18 heavy (non-hydrogen) atoms. The summed E-state index contributed by atoms with van der Waals surface area (Å²) in [5.41, 5.74) is 2.21. The number of benzene rings is 1. The van der Waals surface area contributed by atoms with Crippen molar-refractivity contribution in [3.05, 3.63) is 29.8 Å². The number of nitrogens with zero attached hydrogens (tertiary/aromatic N) is 1. The second kappa shape index (κ2) is 5.72. The fourth-order valence-corrected chi connectivity index (χ4v) is 2.53. The summed E-state index contributed by atoms with van der Waals surface area (Å²) in [6.45, 7) is 8.07. The van der Waals surface area contributed by atoms with Gasteiger partial charge in [0.15, 0.2) is 0 Å². The Kier molecular flexibility index (Phi) is 4.25. The number of hydrogen-bond donors (Lipinski definition) is 1. The molecular formula is C15H23NO2. The third kappa shape index (κ3) is 3.03. The lowest BCUT2D eigenvalue weighted by Crippen LogP contribution is -2.45. The maximum absolute atomic E-state index is 9.78. The minimum Gasteiger partial charge on any atom is -0.388 e. The van der Waals surface area contributed by atoms with Gasteiger partial charge in [-0.1, -0.05) is 19.1 Å². The van der Waals surface area contributed by atoms with Crippen LogP contribution in [0, 0.1) is 0 Å². The van der Waals surface area contributed by atoms with Gasteiger partial charge in [0.05, 0.1) is 18.3 Å². The molecular weight excluding hydrogens is 226 g/mol. The van der Waals surface area contributed by atoms with Crippen molar-refractivity contribution in [2.24, 2.45) is 0 Å². The fourth-order valence-electron chi connectivity index (χ4n) is 2.53. The van der Waals surface area contributed by atoms with E-state index in [-0.39, 0.29) is 18.3 Å². The van der Waals surface area contributed by atoms with Crippen molar-refractivity contribution in [2.75, 3.05) is 18.0 Å². The van der Waals surface area contributed by atoms with Gasteiger partial charge >= 0.3 is 0 Å². The molecule has 1 heterocycles. The Balaban J connectivity index is 2.09. The van der Waals surface area contributed by atoms with Crippen LogP contribution in [-0.2, 0) is 4.74 Å². The third-order valence-electron chi connectivity index (χ3n) is 3.45. The lowest BCUT2D eigenvalue weighted by atomic mass is 10.1. The molecule has 100 valence electrons. The summed E-state index contributed by atoms with van der Waals surface area (Å²) in [6, 6.07) is 8.24. The van der Waals surface area contributed by atoms with Crippen molar-refractivity contribution in [1.82, 2.24) is 0 Å². The van der Waals surface area contributed by atoms with Gasteiger partial charge in [-0.3, -0.25) is 0 Å². The van der Waals surface area contributed by atoms with Gasteiger partial charge in [-0.25, -0.2) is 0 Å². The Morgan fingerprint density at radius 1 is 1.22 bits per heavy atom. The lowest BCUT2D eigenvalue weighted by Gasteiger charge is -2.37. The summed E-state index contributed by atoms with van der Waals surface area (Å²) < 4.78 is 5.74. The van der Waals surface area contributed by atoms with Crippen molar-refractivity contribution in [2.45, 2.75) is 45.5 Å². The number of ether oxygens (including phenoxy) is 1. The van der Waals surface area contributed by atoms with Gasteiger partial charge in [-0.2, -0.15) is 0 Å². The zero-order valence-electron chi connectivity index (χ0n) is 11.5. The molecule has 0 radical (unpaired) electrons. The van der Waals surface area contributed by atoms with E-state index in [9.17, 15) is 5.11 Å². The molecule has 1 N–H and O–H groups in total. The first-order chi connectivity index (χ1) is 8.60. The molecule has 1 fully saturated rings. The highest BCUT2D eigenvalue weighted by Gasteiger charge is 2.22. The van der Waals surface area contributed by atoms with E-state index in [0.29, 0.717) is 0 Å². The molecule has 3 atom stereocenters. The normalized spacial score (nSPS) is 26.1. The second-order valence-corrected chi connectivity index (χ2v) is 5.18. The van der Waals surface area contributed by atoms with Crippen LogP contribution in [0.4, 0.5) is 5.69 Å². The van der Waals surface area contributed by atoms with Gasteiger partial charge in [0.25, 0.3) is 0 Å². The monoisotopic (exact) mass is 249 g/mol. The predicted molar refractivity (Wildman–Crippen MR) is 73.9 cm³/mol. The molecule has 1 aromatic carbocycles. The van der Waals surface area contributed by atoms with Crippen molar-refractivity contribution in [1.29, 1.82) is 0 Å². The zero-order valence-corrected chi connectivity index (χ0v) is 11.5. The van der Waals surface area contributed by atoms with E-state index in [4.69, 9.17) is 4.74 Å². The van der Waals surface area contributed by atoms with E-state index >= 15 is 0 Å². The number of aliphatic hydroxyl groups excluding tert-OH is 1. The second-order valence-electron chi connectivity index (χ2n) is 5.18. The Labute approximate surface area is 109 Å². The molecule has 1 aliphatic heterocycles. The van der Waals surface area contributed by atoms with Crippen molar-refractivity contribution >= 4 is 5.69 Å². The molecule has 0 amide bonds. The Morgan fingerprint density at radius 3 is 2.28 bits per heavy atom. The molecule has 0 saturated carbocycles. The Bertz CT molecular complexity index is 367. The highest BCUT2D eigenvalue weighted by molar-refractivity contribution is 5.48. The summed E-state index contributed by atoms with van der Waals surface area (Å²) >= 11 is 0. The largest absolute Gasteiger partial charge is 0.388 e. The van der Waals surface area contributed by atoms with Crippen LogP contribution in [0.1, 0.15) is 38.9 Å². The molecule has 0 bridgehead atoms. The molecule has 0 aromatic heterocycles. The lowest BCUT2D eigenvalue weighted by molar-refractivity contribution is -0.00522. The first-order valence-corrected chi connectivity index (χ1v) is 6.78. The van der Waals surface area contributed by atoms with E-state index in [0.717, 1.165) is 25.1 Å². The van der Waals surface area contributed by atoms with E-state index in [1.54, 1.807) is 0 Å². The highest BCUT2D eigenvalue weighted by atomic mass is 16.5. The fraction of sp³-hybridized carbons (Fsp3) is 0.600. The van der Waals surface area contributed by atoms with Crippen LogP contribution in [0.25, 0.3) is 0 Å².